The van der Waals surface area contributed by atoms with Crippen molar-refractivity contribution < 1.29 is 8.81 Å². The monoisotopic (exact) mass is 360 g/mol. The Kier molecular flexibility index (Phi) is 4.63. The minimum Gasteiger partial charge on any atom is -0.452 e. The highest BCUT2D eigenvalue weighted by molar-refractivity contribution is 7.99. The van der Waals surface area contributed by atoms with Crippen LogP contribution in [0.3, 0.4) is 0 Å². The molecule has 0 atom stereocenters. The molecule has 0 unspecified atom stereocenters. The van der Waals surface area contributed by atoms with E-state index in [1.807, 2.05) is 91.9 Å². The topological polar surface area (TPSA) is 13.1 Å². The highest BCUT2D eigenvalue weighted by atomic mass is 32.2. The molecule has 1 heterocycles. The van der Waals surface area contributed by atoms with Crippen LogP contribution >= 0.6 is 11.8 Å². The van der Waals surface area contributed by atoms with Crippen molar-refractivity contribution in [2.45, 2.75) is 16.7 Å². The number of aryl methyl sites for hydroxylation is 1. The second kappa shape index (κ2) is 7.22. The van der Waals surface area contributed by atoms with Crippen LogP contribution in [0.15, 0.2) is 99.1 Å². The van der Waals surface area contributed by atoms with Gasteiger partial charge in [-0.25, -0.2) is 4.39 Å². The molecule has 3 heteroatoms. The molecule has 3 aromatic carbocycles. The van der Waals surface area contributed by atoms with Gasteiger partial charge in [0.15, 0.2) is 17.3 Å². The Balaban J connectivity index is 1.86. The third-order valence-corrected chi connectivity index (χ3v) is 5.20. The molecule has 0 saturated heterocycles. The first-order valence-corrected chi connectivity index (χ1v) is 9.21. The summed E-state index contributed by atoms with van der Waals surface area (Å²) < 4.78 is 21.3. The molecule has 26 heavy (non-hydrogen) atoms. The summed E-state index contributed by atoms with van der Waals surface area (Å²) in [6.07, 6.45) is 0. The standard InChI is InChI=1S/C23H17FOS/c1-16-12-14-18(15-13-16)22-23(26-19-10-6-3-7-11-19)20(24)21(25-22)17-8-4-2-5-9-17/h2-15H,1H3. The van der Waals surface area contributed by atoms with Gasteiger partial charge in [-0.05, 0) is 19.1 Å². The molecule has 1 aromatic heterocycles. The lowest BCUT2D eigenvalue weighted by Crippen LogP contribution is -1.82. The van der Waals surface area contributed by atoms with Gasteiger partial charge in [0.05, 0.1) is 4.90 Å². The highest BCUT2D eigenvalue weighted by Crippen LogP contribution is 2.44. The van der Waals surface area contributed by atoms with Crippen molar-refractivity contribution in [2.75, 3.05) is 0 Å². The van der Waals surface area contributed by atoms with Crippen molar-refractivity contribution in [2.24, 2.45) is 0 Å². The smallest absolute Gasteiger partial charge is 0.184 e. The van der Waals surface area contributed by atoms with Crippen LogP contribution in [0.4, 0.5) is 4.39 Å². The number of halogens is 1. The van der Waals surface area contributed by atoms with E-state index in [0.29, 0.717) is 10.7 Å². The summed E-state index contributed by atoms with van der Waals surface area (Å²) in [6, 6.07) is 27.1. The van der Waals surface area contributed by atoms with Crippen LogP contribution in [-0.2, 0) is 0 Å². The minimum atomic E-state index is -0.319. The Hall–Kier alpha value is -2.78. The van der Waals surface area contributed by atoms with E-state index in [4.69, 9.17) is 4.42 Å². The fourth-order valence-electron chi connectivity index (χ4n) is 2.76. The van der Waals surface area contributed by atoms with E-state index in [0.717, 1.165) is 21.6 Å². The second-order valence-corrected chi connectivity index (χ2v) is 7.13. The van der Waals surface area contributed by atoms with Gasteiger partial charge in [-0.3, -0.25) is 0 Å². The molecule has 0 aliphatic rings. The van der Waals surface area contributed by atoms with Crippen LogP contribution in [0.1, 0.15) is 5.56 Å². The summed E-state index contributed by atoms with van der Waals surface area (Å²) in [5.74, 6) is 0.524. The number of hydrogen-bond donors (Lipinski definition) is 0. The average molecular weight is 360 g/mol. The van der Waals surface area contributed by atoms with Gasteiger partial charge in [-0.2, -0.15) is 0 Å². The summed E-state index contributed by atoms with van der Waals surface area (Å²) >= 11 is 1.39. The Morgan fingerprint density at radius 3 is 1.92 bits per heavy atom. The summed E-state index contributed by atoms with van der Waals surface area (Å²) in [5, 5.41) is 0. The van der Waals surface area contributed by atoms with E-state index in [9.17, 15) is 0 Å². The SMILES string of the molecule is Cc1ccc(-c2oc(-c3ccccc3)c(F)c2Sc2ccccc2)cc1. The molecule has 0 amide bonds. The summed E-state index contributed by atoms with van der Waals surface area (Å²) in [6.45, 7) is 2.03. The van der Waals surface area contributed by atoms with E-state index in [1.165, 1.54) is 11.8 Å². The van der Waals surface area contributed by atoms with E-state index in [2.05, 4.69) is 0 Å². The summed E-state index contributed by atoms with van der Waals surface area (Å²) in [7, 11) is 0. The zero-order valence-electron chi connectivity index (χ0n) is 14.3. The molecule has 0 radical (unpaired) electrons. The molecule has 0 aliphatic heterocycles. The molecule has 1 nitrogen and oxygen atoms in total. The fourth-order valence-corrected chi connectivity index (χ4v) is 3.73. The van der Waals surface area contributed by atoms with Crippen molar-refractivity contribution >= 4 is 11.8 Å². The maximum absolute atomic E-state index is 15.3. The van der Waals surface area contributed by atoms with Gasteiger partial charge in [-0.15, -0.1) is 0 Å². The second-order valence-electron chi connectivity index (χ2n) is 6.05. The lowest BCUT2D eigenvalue weighted by atomic mass is 10.1. The third-order valence-electron chi connectivity index (χ3n) is 4.12. The molecule has 0 spiro atoms. The number of rotatable bonds is 4. The molecule has 0 fully saturated rings. The summed E-state index contributed by atoms with van der Waals surface area (Å²) in [4.78, 5) is 1.49. The molecule has 4 aromatic rings. The van der Waals surface area contributed by atoms with Gasteiger partial charge in [0.25, 0.3) is 0 Å². The largest absolute Gasteiger partial charge is 0.452 e. The zero-order chi connectivity index (χ0) is 17.9. The van der Waals surface area contributed by atoms with Gasteiger partial charge < -0.3 is 4.42 Å². The van der Waals surface area contributed by atoms with Crippen molar-refractivity contribution in [1.29, 1.82) is 0 Å². The number of benzene rings is 3. The Labute approximate surface area is 156 Å². The van der Waals surface area contributed by atoms with Gasteiger partial charge >= 0.3 is 0 Å². The Morgan fingerprint density at radius 1 is 0.692 bits per heavy atom. The van der Waals surface area contributed by atoms with Crippen LogP contribution < -0.4 is 0 Å². The Bertz CT molecular complexity index is 1010. The molecular formula is C23H17FOS. The first-order valence-electron chi connectivity index (χ1n) is 8.40. The average Bonchev–Trinajstić information content (AvgIpc) is 3.00. The quantitative estimate of drug-likeness (QED) is 0.381. The van der Waals surface area contributed by atoms with Gasteiger partial charge in [0, 0.05) is 16.0 Å². The van der Waals surface area contributed by atoms with Crippen LogP contribution in [0, 0.1) is 12.7 Å². The fraction of sp³-hybridized carbons (Fsp3) is 0.0435. The molecule has 0 aliphatic carbocycles. The zero-order valence-corrected chi connectivity index (χ0v) is 15.1. The highest BCUT2D eigenvalue weighted by Gasteiger charge is 2.23. The van der Waals surface area contributed by atoms with Crippen LogP contribution in [0.2, 0.25) is 0 Å². The van der Waals surface area contributed by atoms with Crippen LogP contribution in [-0.4, -0.2) is 0 Å². The lowest BCUT2D eigenvalue weighted by molar-refractivity contribution is 0.557. The molecule has 128 valence electrons. The van der Waals surface area contributed by atoms with Crippen LogP contribution in [0.25, 0.3) is 22.6 Å². The van der Waals surface area contributed by atoms with Gasteiger partial charge in [0.2, 0.25) is 0 Å². The predicted molar refractivity (Wildman–Crippen MR) is 105 cm³/mol. The normalized spacial score (nSPS) is 10.8. The molecule has 0 N–H and O–H groups in total. The first-order chi connectivity index (χ1) is 12.7. The van der Waals surface area contributed by atoms with Crippen molar-refractivity contribution in [1.82, 2.24) is 0 Å². The van der Waals surface area contributed by atoms with Gasteiger partial charge in [0.1, 0.15) is 0 Å². The van der Waals surface area contributed by atoms with Crippen molar-refractivity contribution in [3.63, 3.8) is 0 Å². The van der Waals surface area contributed by atoms with Crippen molar-refractivity contribution in [3.8, 4) is 22.6 Å². The maximum Gasteiger partial charge on any atom is 0.184 e. The molecule has 0 bridgehead atoms. The minimum absolute atomic E-state index is 0.277. The lowest BCUT2D eigenvalue weighted by Gasteiger charge is -2.03. The molecule has 4 rings (SSSR count). The van der Waals surface area contributed by atoms with E-state index < -0.39 is 0 Å². The van der Waals surface area contributed by atoms with Gasteiger partial charge in [-0.1, -0.05) is 90.1 Å². The summed E-state index contributed by atoms with van der Waals surface area (Å²) in [5.41, 5.74) is 2.76. The number of furan rings is 1. The van der Waals surface area contributed by atoms with E-state index >= 15 is 4.39 Å². The predicted octanol–water partition coefficient (Wildman–Crippen LogP) is 7.21. The van der Waals surface area contributed by atoms with Crippen molar-refractivity contribution in [3.05, 3.63) is 96.3 Å². The third kappa shape index (κ3) is 3.31. The van der Waals surface area contributed by atoms with E-state index in [1.54, 1.807) is 0 Å². The molecule has 0 saturated carbocycles. The van der Waals surface area contributed by atoms with Crippen LogP contribution in [0.5, 0.6) is 0 Å². The molecular weight excluding hydrogens is 343 g/mol. The maximum atomic E-state index is 15.3. The first kappa shape index (κ1) is 16.7. The number of hydrogen-bond acceptors (Lipinski definition) is 2. The Morgan fingerprint density at radius 2 is 1.27 bits per heavy atom. The van der Waals surface area contributed by atoms with E-state index in [-0.39, 0.29) is 11.6 Å².